The molecule has 1 atom stereocenters. The summed E-state index contributed by atoms with van der Waals surface area (Å²) in [5.41, 5.74) is -0.768. The maximum atomic E-state index is 12.6. The zero-order chi connectivity index (χ0) is 17.2. The molecule has 1 aromatic carbocycles. The summed E-state index contributed by atoms with van der Waals surface area (Å²) >= 11 is 0. The second-order valence-corrected chi connectivity index (χ2v) is 6.38. The third kappa shape index (κ3) is 3.89. The SMILES string of the molecule is O=C(N[C@H]1CCOC2(CCOCC2)C1)c1ccc(C(F)(F)F)cc1. The van der Waals surface area contributed by atoms with Gasteiger partial charge in [-0.1, -0.05) is 0 Å². The van der Waals surface area contributed by atoms with Gasteiger partial charge in [-0.05, 0) is 49.9 Å². The third-order valence-electron chi connectivity index (χ3n) is 4.71. The van der Waals surface area contributed by atoms with Gasteiger partial charge in [0.15, 0.2) is 0 Å². The van der Waals surface area contributed by atoms with E-state index in [-0.39, 0.29) is 23.1 Å². The summed E-state index contributed by atoms with van der Waals surface area (Å²) in [5.74, 6) is -0.349. The van der Waals surface area contributed by atoms with Crippen molar-refractivity contribution in [1.82, 2.24) is 5.32 Å². The van der Waals surface area contributed by atoms with E-state index in [1.54, 1.807) is 0 Å². The molecule has 2 aliphatic heterocycles. The normalized spacial score (nSPS) is 23.9. The van der Waals surface area contributed by atoms with E-state index < -0.39 is 11.7 Å². The van der Waals surface area contributed by atoms with Gasteiger partial charge in [0.05, 0.1) is 11.2 Å². The molecule has 4 nitrogen and oxygen atoms in total. The molecule has 0 aliphatic carbocycles. The van der Waals surface area contributed by atoms with E-state index >= 15 is 0 Å². The summed E-state index contributed by atoms with van der Waals surface area (Å²) in [4.78, 5) is 12.3. The molecular formula is C17H20F3NO3. The fraction of sp³-hybridized carbons (Fsp3) is 0.588. The van der Waals surface area contributed by atoms with Crippen molar-refractivity contribution in [2.45, 2.75) is 43.5 Å². The molecule has 1 aromatic rings. The molecule has 24 heavy (non-hydrogen) atoms. The Bertz CT molecular complexity index is 574. The van der Waals surface area contributed by atoms with Crippen LogP contribution in [-0.4, -0.2) is 37.4 Å². The lowest BCUT2D eigenvalue weighted by Crippen LogP contribution is -2.51. The van der Waals surface area contributed by atoms with Crippen molar-refractivity contribution in [2.75, 3.05) is 19.8 Å². The average Bonchev–Trinajstić information content (AvgIpc) is 2.55. The lowest BCUT2D eigenvalue weighted by atomic mass is 9.84. The first kappa shape index (κ1) is 17.2. The van der Waals surface area contributed by atoms with Gasteiger partial charge in [0, 0.05) is 31.4 Å². The summed E-state index contributed by atoms with van der Waals surface area (Å²) in [6.07, 6.45) is -1.37. The van der Waals surface area contributed by atoms with Crippen LogP contribution in [0.25, 0.3) is 0 Å². The van der Waals surface area contributed by atoms with Crippen LogP contribution in [0.2, 0.25) is 0 Å². The van der Waals surface area contributed by atoms with Crippen LogP contribution >= 0.6 is 0 Å². The summed E-state index contributed by atoms with van der Waals surface area (Å²) in [6, 6.07) is 4.24. The molecule has 2 fully saturated rings. The second-order valence-electron chi connectivity index (χ2n) is 6.38. The lowest BCUT2D eigenvalue weighted by molar-refractivity contribution is -0.139. The number of alkyl halides is 3. The molecule has 7 heteroatoms. The molecule has 1 spiro atoms. The third-order valence-corrected chi connectivity index (χ3v) is 4.71. The van der Waals surface area contributed by atoms with Crippen LogP contribution in [0.3, 0.4) is 0 Å². The van der Waals surface area contributed by atoms with Crippen molar-refractivity contribution in [3.05, 3.63) is 35.4 Å². The van der Waals surface area contributed by atoms with Crippen molar-refractivity contribution in [3.8, 4) is 0 Å². The predicted molar refractivity (Wildman–Crippen MR) is 80.7 cm³/mol. The van der Waals surface area contributed by atoms with E-state index in [1.165, 1.54) is 12.1 Å². The molecule has 1 N–H and O–H groups in total. The Morgan fingerprint density at radius 1 is 1.12 bits per heavy atom. The van der Waals surface area contributed by atoms with E-state index in [0.717, 1.165) is 25.0 Å². The molecule has 0 aromatic heterocycles. The molecule has 0 unspecified atom stereocenters. The molecule has 2 heterocycles. The average molecular weight is 343 g/mol. The summed E-state index contributed by atoms with van der Waals surface area (Å²) in [6.45, 7) is 1.87. The van der Waals surface area contributed by atoms with Gasteiger partial charge < -0.3 is 14.8 Å². The Morgan fingerprint density at radius 3 is 2.42 bits per heavy atom. The number of ether oxygens (including phenoxy) is 2. The molecule has 3 rings (SSSR count). The minimum absolute atomic E-state index is 0.0355. The van der Waals surface area contributed by atoms with Crippen molar-refractivity contribution >= 4 is 5.91 Å². The molecule has 132 valence electrons. The van der Waals surface area contributed by atoms with Gasteiger partial charge in [-0.2, -0.15) is 13.2 Å². The Balaban J connectivity index is 1.62. The first-order valence-corrected chi connectivity index (χ1v) is 8.08. The van der Waals surface area contributed by atoms with E-state index in [9.17, 15) is 18.0 Å². The first-order valence-electron chi connectivity index (χ1n) is 8.08. The minimum atomic E-state index is -4.40. The van der Waals surface area contributed by atoms with Gasteiger partial charge in [0.2, 0.25) is 0 Å². The zero-order valence-corrected chi connectivity index (χ0v) is 13.2. The highest BCUT2D eigenvalue weighted by atomic mass is 19.4. The topological polar surface area (TPSA) is 47.6 Å². The van der Waals surface area contributed by atoms with Crippen molar-refractivity contribution in [1.29, 1.82) is 0 Å². The molecule has 2 saturated heterocycles. The lowest BCUT2D eigenvalue weighted by Gasteiger charge is -2.43. The smallest absolute Gasteiger partial charge is 0.381 e. The van der Waals surface area contributed by atoms with Gasteiger partial charge in [-0.15, -0.1) is 0 Å². The quantitative estimate of drug-likeness (QED) is 0.897. The standard InChI is InChI=1S/C17H20F3NO3/c18-17(19,20)13-3-1-12(2-4-13)15(22)21-14-5-8-24-16(11-14)6-9-23-10-7-16/h1-4,14H,5-11H2,(H,21,22)/t14-/m0/s1. The molecular weight excluding hydrogens is 323 g/mol. The van der Waals surface area contributed by atoms with E-state index in [0.29, 0.717) is 32.7 Å². The number of benzene rings is 1. The highest BCUT2D eigenvalue weighted by Gasteiger charge is 2.39. The van der Waals surface area contributed by atoms with Crippen molar-refractivity contribution < 1.29 is 27.4 Å². The molecule has 2 aliphatic rings. The van der Waals surface area contributed by atoms with Crippen LogP contribution < -0.4 is 5.32 Å². The van der Waals surface area contributed by atoms with Gasteiger partial charge in [-0.3, -0.25) is 4.79 Å². The number of amides is 1. The van der Waals surface area contributed by atoms with E-state index in [4.69, 9.17) is 9.47 Å². The Morgan fingerprint density at radius 2 is 1.79 bits per heavy atom. The van der Waals surface area contributed by atoms with Crippen molar-refractivity contribution in [3.63, 3.8) is 0 Å². The summed E-state index contributed by atoms with van der Waals surface area (Å²) in [5, 5.41) is 2.92. The summed E-state index contributed by atoms with van der Waals surface area (Å²) < 4.78 is 49.0. The fourth-order valence-corrected chi connectivity index (χ4v) is 3.32. The minimum Gasteiger partial charge on any atom is -0.381 e. The van der Waals surface area contributed by atoms with Gasteiger partial charge in [0.1, 0.15) is 0 Å². The number of hydrogen-bond donors (Lipinski definition) is 1. The molecule has 0 saturated carbocycles. The zero-order valence-electron chi connectivity index (χ0n) is 13.2. The number of hydrogen-bond acceptors (Lipinski definition) is 3. The van der Waals surface area contributed by atoms with E-state index in [2.05, 4.69) is 5.32 Å². The van der Waals surface area contributed by atoms with Crippen LogP contribution in [0.15, 0.2) is 24.3 Å². The van der Waals surface area contributed by atoms with Crippen molar-refractivity contribution in [2.24, 2.45) is 0 Å². The highest BCUT2D eigenvalue weighted by molar-refractivity contribution is 5.94. The van der Waals surface area contributed by atoms with Gasteiger partial charge >= 0.3 is 6.18 Å². The number of carbonyl (C=O) groups is 1. The predicted octanol–water partition coefficient (Wildman–Crippen LogP) is 3.16. The largest absolute Gasteiger partial charge is 0.416 e. The first-order chi connectivity index (χ1) is 11.4. The highest BCUT2D eigenvalue weighted by Crippen LogP contribution is 2.34. The van der Waals surface area contributed by atoms with Crippen LogP contribution in [0.1, 0.15) is 41.6 Å². The van der Waals surface area contributed by atoms with Gasteiger partial charge in [0.25, 0.3) is 5.91 Å². The fourth-order valence-electron chi connectivity index (χ4n) is 3.32. The van der Waals surface area contributed by atoms with Crippen LogP contribution in [0.5, 0.6) is 0 Å². The number of nitrogens with one attached hydrogen (secondary N) is 1. The molecule has 0 bridgehead atoms. The van der Waals surface area contributed by atoms with E-state index in [1.807, 2.05) is 0 Å². The maximum absolute atomic E-state index is 12.6. The van der Waals surface area contributed by atoms with Gasteiger partial charge in [-0.25, -0.2) is 0 Å². The Labute approximate surface area is 138 Å². The molecule has 1 amide bonds. The second kappa shape index (κ2) is 6.72. The van der Waals surface area contributed by atoms with Crippen LogP contribution in [0, 0.1) is 0 Å². The maximum Gasteiger partial charge on any atom is 0.416 e. The Hall–Kier alpha value is -1.60. The number of halogens is 3. The number of carbonyl (C=O) groups excluding carboxylic acids is 1. The molecule has 0 radical (unpaired) electrons. The van der Waals surface area contributed by atoms with Crippen LogP contribution in [0.4, 0.5) is 13.2 Å². The van der Waals surface area contributed by atoms with Crippen LogP contribution in [-0.2, 0) is 15.7 Å². The summed E-state index contributed by atoms with van der Waals surface area (Å²) in [7, 11) is 0. The Kier molecular flexibility index (Phi) is 4.83. The monoisotopic (exact) mass is 343 g/mol. The number of rotatable bonds is 2.